The van der Waals surface area contributed by atoms with E-state index in [1.54, 1.807) is 0 Å². The minimum Gasteiger partial charge on any atom is -0.389 e. The molecule has 5 nitrogen and oxygen atoms in total. The molecule has 0 spiro atoms. The van der Waals surface area contributed by atoms with Gasteiger partial charge in [-0.05, 0) is 25.7 Å². The Morgan fingerprint density at radius 2 is 2.10 bits per heavy atom. The van der Waals surface area contributed by atoms with Crippen molar-refractivity contribution in [2.24, 2.45) is 5.92 Å². The molecule has 0 aliphatic carbocycles. The lowest BCUT2D eigenvalue weighted by molar-refractivity contribution is 0.00279. The molecular weight excluding hydrogens is 258 g/mol. The highest BCUT2D eigenvalue weighted by Gasteiger charge is 2.22. The standard InChI is InChI=1S/C15H31NO4/c1-3-4-6-18-8-9-20-12-15(17)10-16-13(2)14-5-7-19-11-14/h13-17H,3-12H2,1-2H3. The fourth-order valence-corrected chi connectivity index (χ4v) is 2.18. The molecule has 1 rings (SSSR count). The Balaban J connectivity index is 1.90. The van der Waals surface area contributed by atoms with Crippen LogP contribution in [0.5, 0.6) is 0 Å². The maximum atomic E-state index is 9.82. The number of ether oxygens (including phenoxy) is 3. The minimum atomic E-state index is -0.463. The fourth-order valence-electron chi connectivity index (χ4n) is 2.18. The van der Waals surface area contributed by atoms with Gasteiger partial charge in [-0.15, -0.1) is 0 Å². The SMILES string of the molecule is CCCCOCCOCC(O)CNC(C)C1CCOC1. The van der Waals surface area contributed by atoms with Crippen molar-refractivity contribution in [1.82, 2.24) is 5.32 Å². The predicted octanol–water partition coefficient (Wildman–Crippen LogP) is 1.20. The second-order valence-corrected chi connectivity index (χ2v) is 5.52. The van der Waals surface area contributed by atoms with Gasteiger partial charge in [-0.25, -0.2) is 0 Å². The second kappa shape index (κ2) is 11.5. The van der Waals surface area contributed by atoms with E-state index in [9.17, 15) is 5.11 Å². The van der Waals surface area contributed by atoms with E-state index in [0.29, 0.717) is 38.3 Å². The summed E-state index contributed by atoms with van der Waals surface area (Å²) in [4.78, 5) is 0. The zero-order chi connectivity index (χ0) is 14.6. The summed E-state index contributed by atoms with van der Waals surface area (Å²) in [5.74, 6) is 0.565. The third-order valence-corrected chi connectivity index (χ3v) is 3.67. The Morgan fingerprint density at radius 3 is 2.80 bits per heavy atom. The monoisotopic (exact) mass is 289 g/mol. The van der Waals surface area contributed by atoms with Crippen molar-refractivity contribution >= 4 is 0 Å². The highest BCUT2D eigenvalue weighted by atomic mass is 16.5. The number of rotatable bonds is 12. The Kier molecular flexibility index (Phi) is 10.2. The van der Waals surface area contributed by atoms with Gasteiger partial charge in [0, 0.05) is 25.8 Å². The summed E-state index contributed by atoms with van der Waals surface area (Å²) < 4.78 is 16.1. The molecule has 1 aliphatic heterocycles. The van der Waals surface area contributed by atoms with Gasteiger partial charge in [0.25, 0.3) is 0 Å². The maximum absolute atomic E-state index is 9.82. The van der Waals surface area contributed by atoms with Crippen LogP contribution in [-0.2, 0) is 14.2 Å². The first-order valence-electron chi connectivity index (χ1n) is 7.88. The molecule has 1 saturated heterocycles. The van der Waals surface area contributed by atoms with Crippen LogP contribution in [0, 0.1) is 5.92 Å². The van der Waals surface area contributed by atoms with Gasteiger partial charge in [0.15, 0.2) is 0 Å². The lowest BCUT2D eigenvalue weighted by Gasteiger charge is -2.21. The van der Waals surface area contributed by atoms with Gasteiger partial charge in [-0.3, -0.25) is 0 Å². The van der Waals surface area contributed by atoms with E-state index in [-0.39, 0.29) is 0 Å². The number of aliphatic hydroxyl groups excluding tert-OH is 1. The predicted molar refractivity (Wildman–Crippen MR) is 78.9 cm³/mol. The number of nitrogens with one attached hydrogen (secondary N) is 1. The van der Waals surface area contributed by atoms with Crippen LogP contribution in [0.25, 0.3) is 0 Å². The van der Waals surface area contributed by atoms with E-state index in [0.717, 1.165) is 39.1 Å². The number of hydrogen-bond donors (Lipinski definition) is 2. The lowest BCUT2D eigenvalue weighted by atomic mass is 10.0. The van der Waals surface area contributed by atoms with E-state index in [2.05, 4.69) is 19.2 Å². The average molecular weight is 289 g/mol. The molecular formula is C15H31NO4. The van der Waals surface area contributed by atoms with Crippen molar-refractivity contribution in [1.29, 1.82) is 0 Å². The summed E-state index contributed by atoms with van der Waals surface area (Å²) >= 11 is 0. The van der Waals surface area contributed by atoms with Crippen molar-refractivity contribution in [2.45, 2.75) is 45.3 Å². The number of unbranched alkanes of at least 4 members (excludes halogenated alkanes) is 1. The third-order valence-electron chi connectivity index (χ3n) is 3.67. The zero-order valence-corrected chi connectivity index (χ0v) is 13.0. The summed E-state index contributed by atoms with van der Waals surface area (Å²) in [6, 6.07) is 0.379. The normalized spacial score (nSPS) is 22.1. The van der Waals surface area contributed by atoms with Gasteiger partial charge in [-0.1, -0.05) is 13.3 Å². The Morgan fingerprint density at radius 1 is 1.30 bits per heavy atom. The highest BCUT2D eigenvalue weighted by Crippen LogP contribution is 2.16. The smallest absolute Gasteiger partial charge is 0.0897 e. The van der Waals surface area contributed by atoms with Gasteiger partial charge in [0.1, 0.15) is 0 Å². The first kappa shape index (κ1) is 17.9. The molecule has 0 saturated carbocycles. The summed E-state index contributed by atoms with van der Waals surface area (Å²) in [6.07, 6.45) is 2.89. The molecule has 120 valence electrons. The molecule has 3 unspecified atom stereocenters. The fraction of sp³-hybridized carbons (Fsp3) is 1.00. The molecule has 0 radical (unpaired) electrons. The van der Waals surface area contributed by atoms with E-state index in [1.165, 1.54) is 0 Å². The Labute approximate surface area is 123 Å². The van der Waals surface area contributed by atoms with Gasteiger partial charge in [0.05, 0.1) is 32.5 Å². The largest absolute Gasteiger partial charge is 0.389 e. The van der Waals surface area contributed by atoms with Gasteiger partial charge >= 0.3 is 0 Å². The molecule has 20 heavy (non-hydrogen) atoms. The van der Waals surface area contributed by atoms with Crippen molar-refractivity contribution in [2.75, 3.05) is 46.2 Å². The van der Waals surface area contributed by atoms with E-state index in [4.69, 9.17) is 14.2 Å². The summed E-state index contributed by atoms with van der Waals surface area (Å²) in [5.41, 5.74) is 0. The molecule has 0 aromatic heterocycles. The molecule has 0 aromatic carbocycles. The van der Waals surface area contributed by atoms with Crippen LogP contribution in [0.4, 0.5) is 0 Å². The highest BCUT2D eigenvalue weighted by molar-refractivity contribution is 4.76. The molecule has 5 heteroatoms. The third kappa shape index (κ3) is 8.17. The summed E-state index contributed by atoms with van der Waals surface area (Å²) in [6.45, 7) is 8.85. The molecule has 1 fully saturated rings. The summed E-state index contributed by atoms with van der Waals surface area (Å²) in [5, 5.41) is 13.2. The van der Waals surface area contributed by atoms with Gasteiger partial charge in [-0.2, -0.15) is 0 Å². The van der Waals surface area contributed by atoms with Crippen LogP contribution in [0.1, 0.15) is 33.1 Å². The van der Waals surface area contributed by atoms with Crippen LogP contribution in [0.2, 0.25) is 0 Å². The molecule has 0 bridgehead atoms. The molecule has 1 aliphatic rings. The molecule has 0 amide bonds. The minimum absolute atomic E-state index is 0.359. The van der Waals surface area contributed by atoms with E-state index in [1.807, 2.05) is 0 Å². The first-order chi connectivity index (χ1) is 9.74. The van der Waals surface area contributed by atoms with Gasteiger partial charge < -0.3 is 24.6 Å². The van der Waals surface area contributed by atoms with Crippen LogP contribution in [0.15, 0.2) is 0 Å². The van der Waals surface area contributed by atoms with Gasteiger partial charge in [0.2, 0.25) is 0 Å². The Hall–Kier alpha value is -0.200. The molecule has 0 aromatic rings. The first-order valence-corrected chi connectivity index (χ1v) is 7.88. The topological polar surface area (TPSA) is 60.0 Å². The van der Waals surface area contributed by atoms with E-state index < -0.39 is 6.10 Å². The van der Waals surface area contributed by atoms with Crippen LogP contribution in [-0.4, -0.2) is 63.4 Å². The average Bonchev–Trinajstić information content (AvgIpc) is 2.98. The van der Waals surface area contributed by atoms with Crippen LogP contribution in [0.3, 0.4) is 0 Å². The quantitative estimate of drug-likeness (QED) is 0.529. The number of aliphatic hydroxyl groups is 1. The Bertz CT molecular complexity index is 222. The second-order valence-electron chi connectivity index (χ2n) is 5.52. The van der Waals surface area contributed by atoms with Crippen molar-refractivity contribution in [3.05, 3.63) is 0 Å². The van der Waals surface area contributed by atoms with Crippen molar-refractivity contribution in [3.8, 4) is 0 Å². The maximum Gasteiger partial charge on any atom is 0.0897 e. The van der Waals surface area contributed by atoms with E-state index >= 15 is 0 Å². The molecule has 1 heterocycles. The number of hydrogen-bond acceptors (Lipinski definition) is 5. The van der Waals surface area contributed by atoms with Crippen LogP contribution < -0.4 is 5.32 Å². The van der Waals surface area contributed by atoms with Crippen molar-refractivity contribution < 1.29 is 19.3 Å². The lowest BCUT2D eigenvalue weighted by Crippen LogP contribution is -2.40. The summed E-state index contributed by atoms with van der Waals surface area (Å²) in [7, 11) is 0. The molecule has 2 N–H and O–H groups in total. The van der Waals surface area contributed by atoms with Crippen molar-refractivity contribution in [3.63, 3.8) is 0 Å². The molecule has 3 atom stereocenters. The van der Waals surface area contributed by atoms with Crippen LogP contribution >= 0.6 is 0 Å². The zero-order valence-electron chi connectivity index (χ0n) is 13.0.